The summed E-state index contributed by atoms with van der Waals surface area (Å²) in [7, 11) is 0. The van der Waals surface area contributed by atoms with Crippen LogP contribution in [0.2, 0.25) is 0 Å². The van der Waals surface area contributed by atoms with Crippen molar-refractivity contribution in [3.63, 3.8) is 0 Å². The maximum Gasteiger partial charge on any atom is 0 e. The van der Waals surface area contributed by atoms with Crippen molar-refractivity contribution in [2.75, 3.05) is 0 Å². The molecule has 0 atom stereocenters. The van der Waals surface area contributed by atoms with Crippen molar-refractivity contribution in [3.8, 4) is 0 Å². The Labute approximate surface area is 179 Å². The van der Waals surface area contributed by atoms with Gasteiger partial charge in [0.2, 0.25) is 0 Å². The summed E-state index contributed by atoms with van der Waals surface area (Å²) in [5.41, 5.74) is 1.48. The van der Waals surface area contributed by atoms with Crippen LogP contribution >= 0.6 is 0 Å². The Morgan fingerprint density at radius 1 is 0.667 bits per heavy atom. The van der Waals surface area contributed by atoms with E-state index in [0.29, 0.717) is 5.92 Å². The molecule has 1 radical (unpaired) electrons. The van der Waals surface area contributed by atoms with Crippen molar-refractivity contribution in [1.82, 2.24) is 0 Å². The molecule has 1 heteroatoms. The van der Waals surface area contributed by atoms with Crippen molar-refractivity contribution >= 4 is 0 Å². The quantitative estimate of drug-likeness (QED) is 0.433. The zero-order valence-electron chi connectivity index (χ0n) is 18.4. The fourth-order valence-corrected chi connectivity index (χ4v) is 2.88. The molecule has 0 unspecified atom stereocenters. The largest absolute Gasteiger partial charge is 0.312 e. The van der Waals surface area contributed by atoms with Crippen LogP contribution in [0.15, 0.2) is 30.3 Å². The standard InChI is InChI=1S/C13H20.C8H17.C2H6.Y/c1-10(2)13(11(3)4)12-8-6-5-7-9-12;1-6(2)8(5)7(3)4;1-2;/h5-11,13H,1-4H3;6-7H,1-5H3;1-2H3;/q;-1;;. The summed E-state index contributed by atoms with van der Waals surface area (Å²) in [6.45, 7) is 24.4. The van der Waals surface area contributed by atoms with Gasteiger partial charge < -0.3 is 5.92 Å². The van der Waals surface area contributed by atoms with E-state index in [-0.39, 0.29) is 32.7 Å². The summed E-state index contributed by atoms with van der Waals surface area (Å²) in [6, 6.07) is 10.8. The molecule has 0 saturated heterocycles. The summed E-state index contributed by atoms with van der Waals surface area (Å²) in [4.78, 5) is 0. The molecule has 0 aromatic heterocycles. The molecule has 0 spiro atoms. The van der Waals surface area contributed by atoms with Crippen molar-refractivity contribution in [1.29, 1.82) is 0 Å². The van der Waals surface area contributed by atoms with E-state index in [1.54, 1.807) is 5.92 Å². The molecule has 0 aliphatic carbocycles. The van der Waals surface area contributed by atoms with Crippen LogP contribution in [0.1, 0.15) is 87.6 Å². The molecule has 1 aromatic rings. The first-order valence-electron chi connectivity index (χ1n) is 9.56. The predicted octanol–water partition coefficient (Wildman–Crippen LogP) is 8.00. The van der Waals surface area contributed by atoms with E-state index in [2.05, 4.69) is 92.6 Å². The van der Waals surface area contributed by atoms with Crippen LogP contribution in [0.4, 0.5) is 0 Å². The second kappa shape index (κ2) is 16.8. The second-order valence-corrected chi connectivity index (χ2v) is 7.48. The van der Waals surface area contributed by atoms with Gasteiger partial charge in [-0.2, -0.15) is 18.8 Å². The normalized spacial score (nSPS) is 10.5. The minimum atomic E-state index is 0. The first-order chi connectivity index (χ1) is 10.7. The molecule has 0 saturated carbocycles. The van der Waals surface area contributed by atoms with E-state index in [0.717, 1.165) is 23.7 Å². The molecule has 0 N–H and O–H groups in total. The van der Waals surface area contributed by atoms with Crippen molar-refractivity contribution in [2.24, 2.45) is 23.7 Å². The Morgan fingerprint density at radius 2 is 1.00 bits per heavy atom. The molecule has 0 bridgehead atoms. The molecule has 0 amide bonds. The summed E-state index contributed by atoms with van der Waals surface area (Å²) >= 11 is 0. The van der Waals surface area contributed by atoms with Gasteiger partial charge in [0.15, 0.2) is 0 Å². The predicted molar refractivity (Wildman–Crippen MR) is 109 cm³/mol. The Morgan fingerprint density at radius 3 is 1.21 bits per heavy atom. The Bertz CT molecular complexity index is 336. The zero-order valence-corrected chi connectivity index (χ0v) is 21.2. The van der Waals surface area contributed by atoms with Gasteiger partial charge >= 0.3 is 0 Å². The maximum atomic E-state index is 2.30. The van der Waals surface area contributed by atoms with Crippen molar-refractivity contribution in [3.05, 3.63) is 41.8 Å². The molecule has 1 aromatic carbocycles. The van der Waals surface area contributed by atoms with Gasteiger partial charge in [0, 0.05) is 32.7 Å². The Balaban J connectivity index is -0.000000350. The van der Waals surface area contributed by atoms with Gasteiger partial charge in [0.25, 0.3) is 0 Å². The minimum Gasteiger partial charge on any atom is -0.312 e. The number of hydrogen-bond donors (Lipinski definition) is 0. The van der Waals surface area contributed by atoms with Crippen molar-refractivity contribution < 1.29 is 32.7 Å². The molecule has 0 heterocycles. The minimum absolute atomic E-state index is 0. The summed E-state index contributed by atoms with van der Waals surface area (Å²) in [6.07, 6.45) is 0. The van der Waals surface area contributed by atoms with E-state index in [1.165, 1.54) is 5.56 Å². The van der Waals surface area contributed by atoms with Crippen LogP contribution in [-0.4, -0.2) is 0 Å². The molecule has 0 aliphatic heterocycles. The topological polar surface area (TPSA) is 0 Å². The maximum absolute atomic E-state index is 2.30. The van der Waals surface area contributed by atoms with E-state index in [9.17, 15) is 0 Å². The molecule has 0 fully saturated rings. The molecular weight excluding hydrogens is 365 g/mol. The van der Waals surface area contributed by atoms with Crippen LogP contribution in [0.25, 0.3) is 0 Å². The van der Waals surface area contributed by atoms with Crippen molar-refractivity contribution in [2.45, 2.75) is 82.1 Å². The van der Waals surface area contributed by atoms with Crippen LogP contribution < -0.4 is 0 Å². The number of rotatable bonds is 5. The SMILES string of the molecule is CC.CC(C)C(c1ccccc1)C(C)C.C[C-](C(C)C)C(C)C.[Y]. The zero-order chi connectivity index (χ0) is 18.6. The van der Waals surface area contributed by atoms with Gasteiger partial charge in [-0.15, -0.1) is 0 Å². The van der Waals surface area contributed by atoms with Gasteiger partial charge in [-0.3, -0.25) is 0 Å². The first kappa shape index (κ1) is 29.1. The smallest absolute Gasteiger partial charge is 0 e. The fraction of sp³-hybridized carbons (Fsp3) is 0.696. The van der Waals surface area contributed by atoms with E-state index >= 15 is 0 Å². The third kappa shape index (κ3) is 12.7. The van der Waals surface area contributed by atoms with Gasteiger partial charge in [0.05, 0.1) is 0 Å². The molecule has 139 valence electrons. The Kier molecular flexibility index (Phi) is 20.3. The van der Waals surface area contributed by atoms with Gasteiger partial charge in [0.1, 0.15) is 0 Å². The monoisotopic (exact) mass is 408 g/mol. The van der Waals surface area contributed by atoms with E-state index < -0.39 is 0 Å². The fourth-order valence-electron chi connectivity index (χ4n) is 2.88. The van der Waals surface area contributed by atoms with Crippen LogP contribution in [-0.2, 0) is 32.7 Å². The second-order valence-electron chi connectivity index (χ2n) is 7.48. The third-order valence-electron chi connectivity index (χ3n) is 4.44. The first-order valence-corrected chi connectivity index (χ1v) is 9.56. The molecule has 0 nitrogen and oxygen atoms in total. The van der Waals surface area contributed by atoms with Crippen LogP contribution in [0.5, 0.6) is 0 Å². The van der Waals surface area contributed by atoms with E-state index in [1.807, 2.05) is 13.8 Å². The van der Waals surface area contributed by atoms with Gasteiger partial charge in [-0.25, -0.2) is 0 Å². The summed E-state index contributed by atoms with van der Waals surface area (Å²) in [5.74, 6) is 5.26. The Hall–Kier alpha value is 0.324. The average molecular weight is 409 g/mol. The average Bonchev–Trinajstić information content (AvgIpc) is 2.49. The summed E-state index contributed by atoms with van der Waals surface area (Å²) < 4.78 is 0. The third-order valence-corrected chi connectivity index (χ3v) is 4.44. The molecule has 1 rings (SSSR count). The van der Waals surface area contributed by atoms with Gasteiger partial charge in [-0.1, -0.05) is 99.6 Å². The molecular formula is C23H43Y-. The van der Waals surface area contributed by atoms with Crippen LogP contribution in [0.3, 0.4) is 0 Å². The number of hydrogen-bond acceptors (Lipinski definition) is 0. The van der Waals surface area contributed by atoms with Crippen LogP contribution in [0, 0.1) is 29.6 Å². The summed E-state index contributed by atoms with van der Waals surface area (Å²) in [5, 5.41) is 0. The van der Waals surface area contributed by atoms with Gasteiger partial charge in [-0.05, 0) is 23.3 Å². The number of benzene rings is 1. The molecule has 24 heavy (non-hydrogen) atoms. The van der Waals surface area contributed by atoms with E-state index in [4.69, 9.17) is 0 Å². The molecule has 0 aliphatic rings.